The average molecular weight is 447 g/mol. The smallest absolute Gasteiger partial charge is 0.147 e. The molecule has 9 rings (SSSR count). The molecule has 35 heavy (non-hydrogen) atoms. The number of rotatable bonds is 0. The molecular weight excluding hydrogens is 428 g/mol. The Morgan fingerprint density at radius 3 is 2.57 bits per heavy atom. The number of nitrogens with zero attached hydrogens (tertiary/aromatic N) is 4. The predicted octanol–water partition coefficient (Wildman–Crippen LogP) is 6.73. The fraction of sp³-hybridized carbons (Fsp3) is 0.0645. The van der Waals surface area contributed by atoms with Gasteiger partial charge >= 0.3 is 0 Å². The summed E-state index contributed by atoms with van der Waals surface area (Å²) >= 11 is 0. The van der Waals surface area contributed by atoms with E-state index in [9.17, 15) is 0 Å². The third-order valence-electron chi connectivity index (χ3n) is 7.99. The summed E-state index contributed by atoms with van der Waals surface area (Å²) in [4.78, 5) is 14.3. The van der Waals surface area contributed by atoms with E-state index in [1.807, 2.05) is 30.7 Å². The second-order valence-corrected chi connectivity index (χ2v) is 9.66. The van der Waals surface area contributed by atoms with Gasteiger partial charge in [0.25, 0.3) is 0 Å². The predicted molar refractivity (Wildman–Crippen MR) is 140 cm³/mol. The lowest BCUT2D eigenvalue weighted by Gasteiger charge is -2.11. The quantitative estimate of drug-likeness (QED) is 0.243. The molecule has 4 nitrogen and oxygen atoms in total. The van der Waals surface area contributed by atoms with E-state index in [1.54, 1.807) is 0 Å². The summed E-state index contributed by atoms with van der Waals surface area (Å²) < 4.78 is 2.20. The van der Waals surface area contributed by atoms with Crippen molar-refractivity contribution in [2.75, 3.05) is 0 Å². The number of hydrogen-bond acceptors (Lipinski definition) is 3. The van der Waals surface area contributed by atoms with Crippen molar-refractivity contribution in [3.8, 4) is 22.3 Å². The van der Waals surface area contributed by atoms with E-state index < -0.39 is 0 Å². The Morgan fingerprint density at radius 1 is 0.657 bits per heavy atom. The molecule has 4 heteroatoms. The summed E-state index contributed by atoms with van der Waals surface area (Å²) in [6.45, 7) is 0. The molecule has 0 spiro atoms. The molecule has 2 aliphatic carbocycles. The summed E-state index contributed by atoms with van der Waals surface area (Å²) in [6, 6.07) is 24.3. The number of aromatic nitrogens is 4. The van der Waals surface area contributed by atoms with Gasteiger partial charge in [0.05, 0.1) is 17.2 Å². The maximum absolute atomic E-state index is 5.13. The zero-order valence-electron chi connectivity index (χ0n) is 18.8. The molecule has 0 saturated heterocycles. The van der Waals surface area contributed by atoms with Crippen LogP contribution >= 0.6 is 0 Å². The standard InChI is InChI=1S/C31H18N4/c1-2-5-19-17(4-1)14-18-7-8-20-21-9-10-22-23-6-3-12-33-30(23)35-27-16-32-13-11-26(27)34-31(35)29(22)25(21)15-24(20)28(18)19/h1-13,16H,14-15H2. The molecular formula is C31H18N4. The topological polar surface area (TPSA) is 43.1 Å². The Balaban J connectivity index is 1.44. The molecule has 0 atom stereocenters. The molecule has 7 aromatic rings. The Hall–Kier alpha value is -4.57. The zero-order chi connectivity index (χ0) is 22.7. The lowest BCUT2D eigenvalue weighted by atomic mass is 9.95. The van der Waals surface area contributed by atoms with Gasteiger partial charge in [-0.3, -0.25) is 9.38 Å². The van der Waals surface area contributed by atoms with Crippen molar-refractivity contribution in [1.82, 2.24) is 19.4 Å². The lowest BCUT2D eigenvalue weighted by Crippen LogP contribution is -1.96. The maximum atomic E-state index is 5.13. The Kier molecular flexibility index (Phi) is 3.11. The second kappa shape index (κ2) is 6.10. The van der Waals surface area contributed by atoms with Gasteiger partial charge in [-0.25, -0.2) is 9.97 Å². The highest BCUT2D eigenvalue weighted by atomic mass is 15.1. The molecule has 0 N–H and O–H groups in total. The Bertz CT molecular complexity index is 2070. The largest absolute Gasteiger partial charge is 0.274 e. The fourth-order valence-corrected chi connectivity index (χ4v) is 6.57. The minimum Gasteiger partial charge on any atom is -0.274 e. The van der Waals surface area contributed by atoms with Gasteiger partial charge in [-0.1, -0.05) is 48.5 Å². The normalized spacial score (nSPS) is 13.5. The monoisotopic (exact) mass is 446 g/mol. The Morgan fingerprint density at radius 2 is 1.57 bits per heavy atom. The van der Waals surface area contributed by atoms with Crippen molar-refractivity contribution >= 4 is 38.5 Å². The highest BCUT2D eigenvalue weighted by molar-refractivity contribution is 6.16. The first kappa shape index (κ1) is 17.8. The van der Waals surface area contributed by atoms with Gasteiger partial charge in [-0.2, -0.15) is 0 Å². The van der Waals surface area contributed by atoms with E-state index in [1.165, 1.54) is 55.3 Å². The van der Waals surface area contributed by atoms with Crippen LogP contribution in [0, 0.1) is 0 Å². The van der Waals surface area contributed by atoms with Crippen LogP contribution in [0.4, 0.5) is 0 Å². The molecule has 0 radical (unpaired) electrons. The summed E-state index contributed by atoms with van der Waals surface area (Å²) in [7, 11) is 0. The SMILES string of the molecule is c1ccc2c(c1)Cc1ccc3c(c1-2)Cc1c-3ccc2c3cccnc3n3c4cnccc4nc3c12. The van der Waals surface area contributed by atoms with Gasteiger partial charge in [-0.15, -0.1) is 0 Å². The third kappa shape index (κ3) is 2.11. The minimum absolute atomic E-state index is 0.919. The summed E-state index contributed by atoms with van der Waals surface area (Å²) in [5.41, 5.74) is 15.1. The van der Waals surface area contributed by atoms with Gasteiger partial charge in [0, 0.05) is 29.6 Å². The van der Waals surface area contributed by atoms with Crippen molar-refractivity contribution in [3.63, 3.8) is 0 Å². The highest BCUT2D eigenvalue weighted by Crippen LogP contribution is 2.50. The van der Waals surface area contributed by atoms with Crippen LogP contribution in [0.5, 0.6) is 0 Å². The molecule has 0 amide bonds. The van der Waals surface area contributed by atoms with Crippen LogP contribution in [0.15, 0.2) is 85.3 Å². The number of pyridine rings is 3. The van der Waals surface area contributed by atoms with E-state index in [2.05, 4.69) is 64.0 Å². The van der Waals surface area contributed by atoms with Crippen molar-refractivity contribution < 1.29 is 0 Å². The van der Waals surface area contributed by atoms with E-state index in [-0.39, 0.29) is 0 Å². The van der Waals surface area contributed by atoms with Crippen LogP contribution < -0.4 is 0 Å². The van der Waals surface area contributed by atoms with Gasteiger partial charge < -0.3 is 0 Å². The van der Waals surface area contributed by atoms with Gasteiger partial charge in [-0.05, 0) is 74.5 Å². The van der Waals surface area contributed by atoms with E-state index in [0.717, 1.165) is 40.6 Å². The van der Waals surface area contributed by atoms with Crippen LogP contribution in [0.25, 0.3) is 60.7 Å². The van der Waals surface area contributed by atoms with Crippen molar-refractivity contribution in [2.45, 2.75) is 12.8 Å². The molecule has 0 aliphatic heterocycles. The van der Waals surface area contributed by atoms with E-state index in [4.69, 9.17) is 9.97 Å². The van der Waals surface area contributed by atoms with Crippen molar-refractivity contribution in [3.05, 3.63) is 108 Å². The van der Waals surface area contributed by atoms with Gasteiger partial charge in [0.2, 0.25) is 0 Å². The van der Waals surface area contributed by atoms with Crippen LogP contribution in [0.1, 0.15) is 22.3 Å². The molecule has 0 unspecified atom stereocenters. The van der Waals surface area contributed by atoms with E-state index in [0.29, 0.717) is 0 Å². The molecule has 0 fully saturated rings. The molecule has 0 saturated carbocycles. The van der Waals surface area contributed by atoms with Crippen LogP contribution in [-0.2, 0) is 12.8 Å². The zero-order valence-corrected chi connectivity index (χ0v) is 18.8. The average Bonchev–Trinajstić information content (AvgIpc) is 3.59. The molecule has 162 valence electrons. The van der Waals surface area contributed by atoms with Crippen LogP contribution in [0.3, 0.4) is 0 Å². The van der Waals surface area contributed by atoms with Crippen LogP contribution in [0.2, 0.25) is 0 Å². The van der Waals surface area contributed by atoms with E-state index >= 15 is 0 Å². The first-order valence-electron chi connectivity index (χ1n) is 12.0. The van der Waals surface area contributed by atoms with Gasteiger partial charge in [0.1, 0.15) is 11.3 Å². The first-order chi connectivity index (χ1) is 17.4. The lowest BCUT2D eigenvalue weighted by molar-refractivity contribution is 1.21. The summed E-state index contributed by atoms with van der Waals surface area (Å²) in [5, 5.41) is 3.59. The number of imidazole rings is 1. The van der Waals surface area contributed by atoms with Crippen molar-refractivity contribution in [1.29, 1.82) is 0 Å². The highest BCUT2D eigenvalue weighted by Gasteiger charge is 2.30. The second-order valence-electron chi connectivity index (χ2n) is 9.66. The fourth-order valence-electron chi connectivity index (χ4n) is 6.57. The van der Waals surface area contributed by atoms with Gasteiger partial charge in [0.15, 0.2) is 0 Å². The Labute approximate surface area is 200 Å². The van der Waals surface area contributed by atoms with Crippen molar-refractivity contribution in [2.24, 2.45) is 0 Å². The number of hydrogen-bond donors (Lipinski definition) is 0. The maximum Gasteiger partial charge on any atom is 0.147 e. The summed E-state index contributed by atoms with van der Waals surface area (Å²) in [5.74, 6) is 0. The van der Waals surface area contributed by atoms with Crippen LogP contribution in [-0.4, -0.2) is 19.4 Å². The minimum atomic E-state index is 0.919. The molecule has 2 aliphatic rings. The molecule has 0 bridgehead atoms. The number of benzene rings is 3. The molecule has 3 aromatic carbocycles. The molecule has 4 heterocycles. The first-order valence-corrected chi connectivity index (χ1v) is 12.0. The molecule has 4 aromatic heterocycles. The third-order valence-corrected chi connectivity index (χ3v) is 7.99. The summed E-state index contributed by atoms with van der Waals surface area (Å²) in [6.07, 6.45) is 7.52. The number of fused-ring (bicyclic) bond motifs is 16.